The molecule has 0 atom stereocenters. The summed E-state index contributed by atoms with van der Waals surface area (Å²) in [5.41, 5.74) is 0. The van der Waals surface area contributed by atoms with E-state index in [1.165, 1.54) is 0 Å². The monoisotopic (exact) mass is 200 g/mol. The van der Waals surface area contributed by atoms with E-state index in [1.807, 2.05) is 0 Å². The maximum atomic E-state index is 10.6. The van der Waals surface area contributed by atoms with Crippen molar-refractivity contribution in [3.8, 4) is 0 Å². The minimum atomic E-state index is -1.92. The molecule has 0 bridgehead atoms. The van der Waals surface area contributed by atoms with Crippen LogP contribution in [0.2, 0.25) is 0 Å². The van der Waals surface area contributed by atoms with Gasteiger partial charge in [0.05, 0.1) is 0 Å². The van der Waals surface area contributed by atoms with Crippen LogP contribution in [-0.2, 0) is 28.8 Å². The van der Waals surface area contributed by atoms with E-state index in [0.29, 0.717) is 0 Å². The van der Waals surface area contributed by atoms with Crippen LogP contribution in [0.25, 0.3) is 0 Å². The third-order valence-electron chi connectivity index (χ3n) is 1.14. The predicted molar refractivity (Wildman–Crippen MR) is 38.2 cm³/mol. The summed E-state index contributed by atoms with van der Waals surface area (Å²) in [4.78, 5) is 62.2. The average Bonchev–Trinajstić information content (AvgIpc) is 2.23. The van der Waals surface area contributed by atoms with Gasteiger partial charge in [-0.3, -0.25) is 28.8 Å². The van der Waals surface area contributed by atoms with Gasteiger partial charge in [-0.2, -0.15) is 0 Å². The van der Waals surface area contributed by atoms with Crippen molar-refractivity contribution in [1.29, 1.82) is 0 Å². The van der Waals surface area contributed by atoms with E-state index in [2.05, 4.69) is 0 Å². The van der Waals surface area contributed by atoms with E-state index in [9.17, 15) is 28.8 Å². The Morgan fingerprint density at radius 3 is 1.79 bits per heavy atom. The molecule has 0 fully saturated rings. The Morgan fingerprint density at radius 2 is 1.43 bits per heavy atom. The molecule has 7 heteroatoms. The van der Waals surface area contributed by atoms with Crippen molar-refractivity contribution in [3.63, 3.8) is 0 Å². The molecule has 14 heavy (non-hydrogen) atoms. The van der Waals surface area contributed by atoms with Gasteiger partial charge in [-0.15, -0.1) is 0 Å². The number of hydrogen-bond acceptors (Lipinski definition) is 7. The Balaban J connectivity index is 4.73. The maximum absolute atomic E-state index is 10.6. The molecular weight excluding hydrogens is 196 g/mol. The van der Waals surface area contributed by atoms with Gasteiger partial charge < -0.3 is 5.11 Å². The zero-order valence-electron chi connectivity index (χ0n) is 6.68. The Labute approximate surface area is 76.7 Å². The van der Waals surface area contributed by atoms with Gasteiger partial charge in [0, 0.05) is 0 Å². The zero-order valence-corrected chi connectivity index (χ0v) is 6.68. The number of hydrogen-bond donors (Lipinski definition) is 1. The normalized spacial score (nSPS) is 8.93. The quantitative estimate of drug-likeness (QED) is 0.275. The fourth-order valence-electron chi connectivity index (χ4n) is 0.467. The molecule has 0 heterocycles. The van der Waals surface area contributed by atoms with Crippen molar-refractivity contribution < 1.29 is 33.9 Å². The summed E-state index contributed by atoms with van der Waals surface area (Å²) in [6.45, 7) is -1.24. The molecule has 74 valence electrons. The highest BCUT2D eigenvalue weighted by molar-refractivity contribution is 6.90. The molecule has 0 saturated heterocycles. The minimum Gasteiger partial charge on any atom is -0.388 e. The van der Waals surface area contributed by atoms with Crippen LogP contribution in [-0.4, -0.2) is 46.9 Å². The molecule has 1 N–H and O–H groups in total. The highest BCUT2D eigenvalue weighted by atomic mass is 16.3. The van der Waals surface area contributed by atoms with E-state index in [4.69, 9.17) is 5.11 Å². The molecule has 0 spiro atoms. The van der Waals surface area contributed by atoms with Gasteiger partial charge in [-0.05, 0) is 0 Å². The summed E-state index contributed by atoms with van der Waals surface area (Å²) >= 11 is 0. The number of ketones is 5. The number of aliphatic hydroxyl groups is 1. The largest absolute Gasteiger partial charge is 0.388 e. The lowest BCUT2D eigenvalue weighted by molar-refractivity contribution is -0.151. The molecule has 0 unspecified atom stereocenters. The molecule has 0 rings (SSSR count). The van der Waals surface area contributed by atoms with Crippen LogP contribution >= 0.6 is 0 Å². The molecule has 0 aromatic carbocycles. The number of carbonyl (C=O) groups is 6. The van der Waals surface area contributed by atoms with Gasteiger partial charge in [-0.1, -0.05) is 0 Å². The van der Waals surface area contributed by atoms with Gasteiger partial charge in [-0.25, -0.2) is 0 Å². The third kappa shape index (κ3) is 2.49. The predicted octanol–water partition coefficient (Wildman–Crippen LogP) is -2.98. The summed E-state index contributed by atoms with van der Waals surface area (Å²) in [6.07, 6.45) is -0.447. The van der Waals surface area contributed by atoms with Crippen molar-refractivity contribution >= 4 is 35.2 Å². The first kappa shape index (κ1) is 12.0. The smallest absolute Gasteiger partial charge is 0.280 e. The molecule has 0 amide bonds. The Bertz CT molecular complexity index is 338. The van der Waals surface area contributed by atoms with Crippen LogP contribution in [0.3, 0.4) is 0 Å². The van der Waals surface area contributed by atoms with Crippen LogP contribution in [0, 0.1) is 0 Å². The standard InChI is InChI=1S/C7H4O7/c8-1-3(10)5(12)7(14)6(13)4(11)2-9/h1,9H,2H2. The topological polar surface area (TPSA) is 123 Å². The molecule has 0 radical (unpaired) electrons. The Kier molecular flexibility index (Phi) is 4.17. The van der Waals surface area contributed by atoms with Crippen molar-refractivity contribution in [2.45, 2.75) is 0 Å². The van der Waals surface area contributed by atoms with E-state index in [-0.39, 0.29) is 0 Å². The second kappa shape index (κ2) is 4.87. The molecule has 0 saturated carbocycles. The number of Topliss-reactive ketones (excluding diaryl/α,β-unsaturated/α-hetero) is 5. The molecule has 0 aliphatic rings. The van der Waals surface area contributed by atoms with Crippen LogP contribution in [0.1, 0.15) is 0 Å². The highest BCUT2D eigenvalue weighted by Crippen LogP contribution is 1.84. The third-order valence-corrected chi connectivity index (χ3v) is 1.14. The number of aliphatic hydroxyl groups excluding tert-OH is 1. The zero-order chi connectivity index (χ0) is 11.3. The summed E-state index contributed by atoms with van der Waals surface area (Å²) < 4.78 is 0. The van der Waals surface area contributed by atoms with Gasteiger partial charge in [0.15, 0.2) is 6.29 Å². The number of carbonyl (C=O) groups excluding carboxylic acids is 6. The average molecular weight is 200 g/mol. The Morgan fingerprint density at radius 1 is 0.929 bits per heavy atom. The van der Waals surface area contributed by atoms with Crippen molar-refractivity contribution in [2.75, 3.05) is 6.61 Å². The summed E-state index contributed by atoms with van der Waals surface area (Å²) in [5, 5.41) is 8.14. The van der Waals surface area contributed by atoms with Gasteiger partial charge >= 0.3 is 0 Å². The minimum absolute atomic E-state index is 0.447. The summed E-state index contributed by atoms with van der Waals surface area (Å²) in [5.74, 6) is -8.84. The lowest BCUT2D eigenvalue weighted by atomic mass is 10.1. The lowest BCUT2D eigenvalue weighted by Gasteiger charge is -1.92. The molecular formula is C7H4O7. The van der Waals surface area contributed by atoms with E-state index in [1.54, 1.807) is 0 Å². The van der Waals surface area contributed by atoms with Crippen LogP contribution < -0.4 is 0 Å². The van der Waals surface area contributed by atoms with E-state index in [0.717, 1.165) is 0 Å². The first-order valence-electron chi connectivity index (χ1n) is 3.21. The van der Waals surface area contributed by atoms with Gasteiger partial charge in [0.2, 0.25) is 5.78 Å². The molecule has 0 aromatic rings. The first-order chi connectivity index (χ1) is 6.45. The second-order valence-electron chi connectivity index (χ2n) is 2.05. The molecule has 0 aromatic heterocycles. The fourth-order valence-corrected chi connectivity index (χ4v) is 0.467. The van der Waals surface area contributed by atoms with Crippen LogP contribution in [0.15, 0.2) is 0 Å². The Hall–Kier alpha value is -2.02. The molecule has 0 aliphatic heterocycles. The summed E-state index contributed by atoms with van der Waals surface area (Å²) in [6, 6.07) is 0. The molecule has 7 nitrogen and oxygen atoms in total. The van der Waals surface area contributed by atoms with Crippen molar-refractivity contribution in [1.82, 2.24) is 0 Å². The summed E-state index contributed by atoms with van der Waals surface area (Å²) in [7, 11) is 0. The number of aldehydes is 1. The first-order valence-corrected chi connectivity index (χ1v) is 3.21. The van der Waals surface area contributed by atoms with Crippen molar-refractivity contribution in [2.24, 2.45) is 0 Å². The van der Waals surface area contributed by atoms with Gasteiger partial charge in [0.25, 0.3) is 23.1 Å². The maximum Gasteiger partial charge on any atom is 0.280 e. The van der Waals surface area contributed by atoms with Gasteiger partial charge in [0.1, 0.15) is 6.61 Å². The lowest BCUT2D eigenvalue weighted by Crippen LogP contribution is -2.36. The molecule has 0 aliphatic carbocycles. The van der Waals surface area contributed by atoms with Crippen LogP contribution in [0.5, 0.6) is 0 Å². The van der Waals surface area contributed by atoms with Crippen LogP contribution in [0.4, 0.5) is 0 Å². The second-order valence-corrected chi connectivity index (χ2v) is 2.05. The number of rotatable bonds is 6. The highest BCUT2D eigenvalue weighted by Gasteiger charge is 2.32. The SMILES string of the molecule is O=CC(=O)C(=O)C(=O)C(=O)C(=O)CO. The van der Waals surface area contributed by atoms with E-state index < -0.39 is 41.8 Å². The van der Waals surface area contributed by atoms with Crippen molar-refractivity contribution in [3.05, 3.63) is 0 Å². The fraction of sp³-hybridized carbons (Fsp3) is 0.143. The van der Waals surface area contributed by atoms with E-state index >= 15 is 0 Å².